The van der Waals surface area contributed by atoms with Gasteiger partial charge in [-0.25, -0.2) is 9.78 Å². The summed E-state index contributed by atoms with van der Waals surface area (Å²) < 4.78 is 10.1. The zero-order valence-electron chi connectivity index (χ0n) is 19.0. The van der Waals surface area contributed by atoms with E-state index in [1.54, 1.807) is 6.92 Å². The standard InChI is InChI=1S/C22H32N4O5S/c1-4-5-8-23-19(27)15-7-6-9-26(12-15)13-16-24-20(28)17-14(2)18(32-21(17)25-16)22(29)31-11-10-30-3/h15H,4-13H2,1-3H3,(H,23,27)(H,24,25,28). The first kappa shape index (κ1) is 24.3. The molecule has 2 N–H and O–H groups in total. The van der Waals surface area contributed by atoms with Crippen LogP contribution in [0, 0.1) is 12.8 Å². The first-order chi connectivity index (χ1) is 15.4. The summed E-state index contributed by atoms with van der Waals surface area (Å²) in [5.74, 6) is 0.116. The van der Waals surface area contributed by atoms with Crippen LogP contribution in [0.3, 0.4) is 0 Å². The van der Waals surface area contributed by atoms with Gasteiger partial charge >= 0.3 is 5.97 Å². The average molecular weight is 465 g/mol. The molecular formula is C22H32N4O5S. The molecule has 1 aliphatic rings. The Kier molecular flexibility index (Phi) is 8.77. The lowest BCUT2D eigenvalue weighted by molar-refractivity contribution is -0.126. The fraction of sp³-hybridized carbons (Fsp3) is 0.636. The number of fused-ring (bicyclic) bond motifs is 1. The van der Waals surface area contributed by atoms with Crippen LogP contribution in [0.15, 0.2) is 4.79 Å². The van der Waals surface area contributed by atoms with E-state index in [1.165, 1.54) is 18.4 Å². The van der Waals surface area contributed by atoms with Crippen LogP contribution in [0.4, 0.5) is 0 Å². The van der Waals surface area contributed by atoms with Gasteiger partial charge in [-0.3, -0.25) is 14.5 Å². The Morgan fingerprint density at radius 1 is 1.34 bits per heavy atom. The number of rotatable bonds is 10. The highest BCUT2D eigenvalue weighted by Gasteiger charge is 2.26. The SMILES string of the molecule is CCCCNC(=O)C1CCCN(Cc2nc3sc(C(=O)OCCOC)c(C)c3c(=O)[nH]2)C1. The number of amides is 1. The van der Waals surface area contributed by atoms with Crippen LogP contribution >= 0.6 is 11.3 Å². The average Bonchev–Trinajstić information content (AvgIpc) is 3.11. The summed E-state index contributed by atoms with van der Waals surface area (Å²) in [6.07, 6.45) is 3.83. The Bertz CT molecular complexity index is 1000. The molecule has 1 unspecified atom stereocenters. The van der Waals surface area contributed by atoms with Gasteiger partial charge in [0.15, 0.2) is 0 Å². The van der Waals surface area contributed by atoms with Crippen molar-refractivity contribution in [3.05, 3.63) is 26.6 Å². The van der Waals surface area contributed by atoms with Crippen molar-refractivity contribution >= 4 is 33.4 Å². The van der Waals surface area contributed by atoms with Crippen molar-refractivity contribution in [3.8, 4) is 0 Å². The molecule has 9 nitrogen and oxygen atoms in total. The molecule has 1 saturated heterocycles. The molecule has 0 bridgehead atoms. The van der Waals surface area contributed by atoms with Gasteiger partial charge in [0.25, 0.3) is 5.56 Å². The normalized spacial score (nSPS) is 16.9. The topological polar surface area (TPSA) is 114 Å². The van der Waals surface area contributed by atoms with Crippen molar-refractivity contribution in [1.29, 1.82) is 0 Å². The molecular weight excluding hydrogens is 432 g/mol. The summed E-state index contributed by atoms with van der Waals surface area (Å²) in [5.41, 5.74) is 0.315. The van der Waals surface area contributed by atoms with Crippen LogP contribution in [0.25, 0.3) is 10.2 Å². The van der Waals surface area contributed by atoms with Crippen LogP contribution < -0.4 is 10.9 Å². The van der Waals surface area contributed by atoms with Crippen LogP contribution in [0.5, 0.6) is 0 Å². The van der Waals surface area contributed by atoms with E-state index in [0.29, 0.717) is 52.7 Å². The van der Waals surface area contributed by atoms with E-state index in [2.05, 4.69) is 27.1 Å². The number of unbranched alkanes of at least 4 members (excludes halogenated alkanes) is 1. The number of likely N-dealkylation sites (tertiary alicyclic amines) is 1. The Morgan fingerprint density at radius 2 is 2.16 bits per heavy atom. The van der Waals surface area contributed by atoms with E-state index < -0.39 is 5.97 Å². The predicted octanol–water partition coefficient (Wildman–Crippen LogP) is 2.22. The number of hydrogen-bond donors (Lipinski definition) is 2. The van der Waals surface area contributed by atoms with E-state index in [0.717, 1.165) is 32.2 Å². The van der Waals surface area contributed by atoms with Crippen molar-refractivity contribution in [2.45, 2.75) is 46.1 Å². The number of aromatic nitrogens is 2. The molecule has 1 amide bonds. The quantitative estimate of drug-likeness (QED) is 0.409. The fourth-order valence-electron chi connectivity index (χ4n) is 3.90. The van der Waals surface area contributed by atoms with Crippen molar-refractivity contribution in [1.82, 2.24) is 20.2 Å². The third-order valence-electron chi connectivity index (χ3n) is 5.63. The van der Waals surface area contributed by atoms with Gasteiger partial charge in [-0.1, -0.05) is 13.3 Å². The van der Waals surface area contributed by atoms with E-state index in [-0.39, 0.29) is 24.0 Å². The van der Waals surface area contributed by atoms with Gasteiger partial charge in [0.1, 0.15) is 22.1 Å². The van der Waals surface area contributed by atoms with Crippen molar-refractivity contribution < 1.29 is 19.1 Å². The number of aromatic amines is 1. The largest absolute Gasteiger partial charge is 0.459 e. The number of H-pyrrole nitrogens is 1. The van der Waals surface area contributed by atoms with Gasteiger partial charge in [0.2, 0.25) is 5.91 Å². The summed E-state index contributed by atoms with van der Waals surface area (Å²) in [7, 11) is 1.53. The number of nitrogens with one attached hydrogen (secondary N) is 2. The molecule has 2 aromatic heterocycles. The maximum Gasteiger partial charge on any atom is 0.348 e. The number of methoxy groups -OCH3 is 1. The van der Waals surface area contributed by atoms with Crippen LogP contribution in [-0.4, -0.2) is 66.7 Å². The van der Waals surface area contributed by atoms with Gasteiger partial charge < -0.3 is 19.8 Å². The molecule has 176 valence electrons. The van der Waals surface area contributed by atoms with Gasteiger partial charge in [-0.2, -0.15) is 0 Å². The monoisotopic (exact) mass is 464 g/mol. The molecule has 0 aliphatic carbocycles. The number of piperidine rings is 1. The van der Waals surface area contributed by atoms with Crippen LogP contribution in [0.1, 0.15) is 53.7 Å². The Balaban J connectivity index is 1.70. The lowest BCUT2D eigenvalue weighted by Gasteiger charge is -2.31. The summed E-state index contributed by atoms with van der Waals surface area (Å²) in [5, 5.41) is 3.44. The molecule has 3 rings (SSSR count). The van der Waals surface area contributed by atoms with Crippen molar-refractivity contribution in [2.75, 3.05) is 40.0 Å². The third-order valence-corrected chi connectivity index (χ3v) is 6.80. The van der Waals surface area contributed by atoms with Gasteiger partial charge in [-0.05, 0) is 38.3 Å². The second-order valence-corrected chi connectivity index (χ2v) is 9.10. The number of carbonyl (C=O) groups is 2. The molecule has 1 aliphatic heterocycles. The first-order valence-corrected chi connectivity index (χ1v) is 11.9. The minimum absolute atomic E-state index is 0.0477. The van der Waals surface area contributed by atoms with Crippen molar-refractivity contribution in [3.63, 3.8) is 0 Å². The molecule has 3 heterocycles. The summed E-state index contributed by atoms with van der Waals surface area (Å²) in [6, 6.07) is 0. The van der Waals surface area contributed by atoms with Gasteiger partial charge in [-0.15, -0.1) is 11.3 Å². The maximum atomic E-state index is 12.7. The number of esters is 1. The molecule has 10 heteroatoms. The highest BCUT2D eigenvalue weighted by molar-refractivity contribution is 7.20. The Labute approximate surface area is 191 Å². The molecule has 0 radical (unpaired) electrons. The molecule has 2 aromatic rings. The molecule has 32 heavy (non-hydrogen) atoms. The molecule has 0 spiro atoms. The first-order valence-electron chi connectivity index (χ1n) is 11.1. The van der Waals surface area contributed by atoms with Crippen LogP contribution in [0.2, 0.25) is 0 Å². The zero-order chi connectivity index (χ0) is 23.1. The highest BCUT2D eigenvalue weighted by Crippen LogP contribution is 2.28. The maximum absolute atomic E-state index is 12.7. The summed E-state index contributed by atoms with van der Waals surface area (Å²) >= 11 is 1.17. The second-order valence-electron chi connectivity index (χ2n) is 8.10. The van der Waals surface area contributed by atoms with E-state index in [9.17, 15) is 14.4 Å². The van der Waals surface area contributed by atoms with E-state index in [4.69, 9.17) is 9.47 Å². The highest BCUT2D eigenvalue weighted by atomic mass is 32.1. The predicted molar refractivity (Wildman–Crippen MR) is 123 cm³/mol. The molecule has 0 saturated carbocycles. The molecule has 1 atom stereocenters. The number of carbonyl (C=O) groups excluding carboxylic acids is 2. The minimum atomic E-state index is -0.476. The molecule has 0 aromatic carbocycles. The number of hydrogen-bond acceptors (Lipinski definition) is 8. The smallest absolute Gasteiger partial charge is 0.348 e. The number of aryl methyl sites for hydroxylation is 1. The van der Waals surface area contributed by atoms with E-state index in [1.807, 2.05) is 0 Å². The Hall–Kier alpha value is -2.30. The zero-order valence-corrected chi connectivity index (χ0v) is 19.8. The third kappa shape index (κ3) is 5.93. The minimum Gasteiger partial charge on any atom is -0.459 e. The van der Waals surface area contributed by atoms with E-state index >= 15 is 0 Å². The second kappa shape index (κ2) is 11.5. The van der Waals surface area contributed by atoms with Crippen LogP contribution in [-0.2, 0) is 20.8 Å². The lowest BCUT2D eigenvalue weighted by Crippen LogP contribution is -2.43. The van der Waals surface area contributed by atoms with Gasteiger partial charge in [0, 0.05) is 20.2 Å². The Morgan fingerprint density at radius 3 is 2.91 bits per heavy atom. The van der Waals surface area contributed by atoms with Crippen molar-refractivity contribution in [2.24, 2.45) is 5.92 Å². The summed E-state index contributed by atoms with van der Waals surface area (Å²) in [4.78, 5) is 48.1. The number of ether oxygens (including phenoxy) is 2. The molecule has 1 fully saturated rings. The lowest BCUT2D eigenvalue weighted by atomic mass is 9.97. The van der Waals surface area contributed by atoms with Gasteiger partial charge in [0.05, 0.1) is 24.5 Å². The number of nitrogens with zero attached hydrogens (tertiary/aromatic N) is 2. The fourth-order valence-corrected chi connectivity index (χ4v) is 4.99. The number of thiophene rings is 1. The summed E-state index contributed by atoms with van der Waals surface area (Å²) in [6.45, 7) is 6.95.